The van der Waals surface area contributed by atoms with Crippen molar-refractivity contribution in [2.45, 2.75) is 31.2 Å². The van der Waals surface area contributed by atoms with E-state index in [9.17, 15) is 4.79 Å². The predicted molar refractivity (Wildman–Crippen MR) is 64.5 cm³/mol. The molecule has 0 aliphatic heterocycles. The van der Waals surface area contributed by atoms with E-state index < -0.39 is 0 Å². The fourth-order valence-corrected chi connectivity index (χ4v) is 2.44. The number of rotatable bonds is 4. The van der Waals surface area contributed by atoms with Crippen LogP contribution in [0.4, 0.5) is 0 Å². The van der Waals surface area contributed by atoms with E-state index in [-0.39, 0.29) is 11.4 Å². The lowest BCUT2D eigenvalue weighted by Gasteiger charge is -2.28. The molecule has 1 aliphatic rings. The third-order valence-corrected chi connectivity index (χ3v) is 3.52. The van der Waals surface area contributed by atoms with Crippen LogP contribution in [0.3, 0.4) is 0 Å². The van der Waals surface area contributed by atoms with E-state index >= 15 is 0 Å². The van der Waals surface area contributed by atoms with Gasteiger partial charge in [-0.05, 0) is 19.1 Å². The van der Waals surface area contributed by atoms with Gasteiger partial charge in [-0.15, -0.1) is 0 Å². The lowest BCUT2D eigenvalue weighted by Crippen LogP contribution is -2.55. The quantitative estimate of drug-likeness (QED) is 0.712. The fourth-order valence-electron chi connectivity index (χ4n) is 1.85. The first kappa shape index (κ1) is 11.8. The number of carbonyl (C=O) groups is 1. The van der Waals surface area contributed by atoms with Crippen LogP contribution < -0.4 is 11.1 Å². The van der Waals surface area contributed by atoms with Gasteiger partial charge < -0.3 is 11.1 Å². The summed E-state index contributed by atoms with van der Waals surface area (Å²) in [4.78, 5) is 11.9. The number of nitrogens with one attached hydrogen (secondary N) is 1. The summed E-state index contributed by atoms with van der Waals surface area (Å²) in [5, 5.41) is 2.97. The zero-order valence-corrected chi connectivity index (χ0v) is 9.97. The summed E-state index contributed by atoms with van der Waals surface area (Å²) in [6.07, 6.45) is 5.88. The summed E-state index contributed by atoms with van der Waals surface area (Å²) < 4.78 is 0. The molecular weight excluding hydrogens is 216 g/mol. The van der Waals surface area contributed by atoms with Gasteiger partial charge in [-0.1, -0.05) is 25.1 Å². The Kier molecular flexibility index (Phi) is 4.19. The topological polar surface area (TPSA) is 55.1 Å². The zero-order valence-electron chi connectivity index (χ0n) is 8.34. The molecule has 1 rings (SSSR count). The molecule has 80 valence electrons. The van der Waals surface area contributed by atoms with Crippen LogP contribution in [-0.2, 0) is 4.79 Å². The van der Waals surface area contributed by atoms with Gasteiger partial charge in [-0.3, -0.25) is 4.79 Å². The molecule has 0 aromatic heterocycles. The van der Waals surface area contributed by atoms with Gasteiger partial charge in [0, 0.05) is 0 Å². The normalized spacial score (nSPS) is 19.2. The number of thioether (sulfide) groups is 1. The number of hydrogen-bond donors (Lipinski definition) is 2. The molecule has 14 heavy (non-hydrogen) atoms. The average molecular weight is 232 g/mol. The molecule has 0 aromatic rings. The van der Waals surface area contributed by atoms with Crippen molar-refractivity contribution in [3.8, 4) is 0 Å². The molecule has 0 radical (unpaired) electrons. The second-order valence-electron chi connectivity index (χ2n) is 3.63. The van der Waals surface area contributed by atoms with Gasteiger partial charge in [0.15, 0.2) is 0 Å². The van der Waals surface area contributed by atoms with Crippen LogP contribution in [-0.4, -0.2) is 28.4 Å². The van der Waals surface area contributed by atoms with Gasteiger partial charge in [0.05, 0.1) is 16.3 Å². The summed E-state index contributed by atoms with van der Waals surface area (Å²) >= 11 is 6.53. The second-order valence-corrected chi connectivity index (χ2v) is 4.94. The zero-order chi connectivity index (χ0) is 10.6. The molecule has 0 spiro atoms. The van der Waals surface area contributed by atoms with Gasteiger partial charge in [0.25, 0.3) is 0 Å². The van der Waals surface area contributed by atoms with Crippen molar-refractivity contribution in [3.63, 3.8) is 0 Å². The highest BCUT2D eigenvalue weighted by atomic mass is 32.2. The first-order valence-corrected chi connectivity index (χ1v) is 6.51. The first-order chi connectivity index (χ1) is 6.60. The van der Waals surface area contributed by atoms with E-state index in [0.29, 0.717) is 10.7 Å². The molecule has 3 N–H and O–H groups in total. The minimum atomic E-state index is -0.387. The fraction of sp³-hybridized carbons (Fsp3) is 0.778. The number of thiocarbonyl (C=S) groups is 1. The molecule has 0 saturated heterocycles. The van der Waals surface area contributed by atoms with Crippen LogP contribution in [0.25, 0.3) is 0 Å². The van der Waals surface area contributed by atoms with E-state index in [1.54, 1.807) is 0 Å². The van der Waals surface area contributed by atoms with Gasteiger partial charge in [0.2, 0.25) is 5.91 Å². The van der Waals surface area contributed by atoms with Crippen molar-refractivity contribution in [2.75, 3.05) is 12.0 Å². The van der Waals surface area contributed by atoms with Crippen molar-refractivity contribution in [3.05, 3.63) is 0 Å². The Morgan fingerprint density at radius 2 is 2.14 bits per heavy atom. The Morgan fingerprint density at radius 3 is 2.57 bits per heavy atom. The molecule has 0 unspecified atom stereocenters. The smallest absolute Gasteiger partial charge is 0.230 e. The third-order valence-electron chi connectivity index (χ3n) is 2.58. The maximum absolute atomic E-state index is 11.5. The molecule has 5 heteroatoms. The van der Waals surface area contributed by atoms with Crippen LogP contribution in [0, 0.1) is 0 Å². The Labute approximate surface area is 94.2 Å². The van der Waals surface area contributed by atoms with Crippen LogP contribution in [0.1, 0.15) is 25.7 Å². The third kappa shape index (κ3) is 2.60. The van der Waals surface area contributed by atoms with Crippen molar-refractivity contribution >= 4 is 34.9 Å². The number of nitrogens with two attached hydrogens (primary N) is 1. The van der Waals surface area contributed by atoms with Gasteiger partial charge in [0.1, 0.15) is 0 Å². The number of amides is 1. The van der Waals surface area contributed by atoms with Crippen LogP contribution in [0.15, 0.2) is 0 Å². The summed E-state index contributed by atoms with van der Waals surface area (Å²) in [5.41, 5.74) is 5.30. The van der Waals surface area contributed by atoms with E-state index in [1.807, 2.05) is 6.26 Å². The van der Waals surface area contributed by atoms with Crippen LogP contribution in [0.2, 0.25) is 0 Å². The highest BCUT2D eigenvalue weighted by Gasteiger charge is 2.37. The predicted octanol–water partition coefficient (Wildman–Crippen LogP) is 1.06. The average Bonchev–Trinajstić information content (AvgIpc) is 2.54. The van der Waals surface area contributed by atoms with E-state index in [1.165, 1.54) is 11.8 Å². The van der Waals surface area contributed by atoms with Crippen molar-refractivity contribution < 1.29 is 4.79 Å². The van der Waals surface area contributed by atoms with Crippen molar-refractivity contribution in [1.82, 2.24) is 5.32 Å². The molecule has 1 amide bonds. The summed E-state index contributed by atoms with van der Waals surface area (Å²) in [7, 11) is 0. The lowest BCUT2D eigenvalue weighted by molar-refractivity contribution is -0.119. The Hall–Kier alpha value is -0.290. The SMILES string of the molecule is CSCC(=O)NC1(C(N)=S)CCCC1. The van der Waals surface area contributed by atoms with E-state index in [0.717, 1.165) is 25.7 Å². The Morgan fingerprint density at radius 1 is 1.57 bits per heavy atom. The molecule has 0 heterocycles. The molecule has 3 nitrogen and oxygen atoms in total. The Balaban J connectivity index is 2.60. The van der Waals surface area contributed by atoms with E-state index in [2.05, 4.69) is 5.32 Å². The molecular formula is C9H16N2OS2. The second kappa shape index (κ2) is 4.98. The van der Waals surface area contributed by atoms with Crippen LogP contribution in [0.5, 0.6) is 0 Å². The molecule has 1 saturated carbocycles. The van der Waals surface area contributed by atoms with Crippen molar-refractivity contribution in [2.24, 2.45) is 5.73 Å². The lowest BCUT2D eigenvalue weighted by atomic mass is 9.98. The van der Waals surface area contributed by atoms with Crippen LogP contribution >= 0.6 is 24.0 Å². The van der Waals surface area contributed by atoms with Crippen molar-refractivity contribution in [1.29, 1.82) is 0 Å². The van der Waals surface area contributed by atoms with E-state index in [4.69, 9.17) is 18.0 Å². The number of hydrogen-bond acceptors (Lipinski definition) is 3. The maximum Gasteiger partial charge on any atom is 0.230 e. The molecule has 0 bridgehead atoms. The highest BCUT2D eigenvalue weighted by Crippen LogP contribution is 2.29. The summed E-state index contributed by atoms with van der Waals surface area (Å²) in [6.45, 7) is 0. The van der Waals surface area contributed by atoms with Gasteiger partial charge in [-0.25, -0.2) is 0 Å². The monoisotopic (exact) mass is 232 g/mol. The minimum absolute atomic E-state index is 0.0344. The molecule has 1 aliphatic carbocycles. The highest BCUT2D eigenvalue weighted by molar-refractivity contribution is 7.99. The molecule has 0 atom stereocenters. The van der Waals surface area contributed by atoms with Gasteiger partial charge >= 0.3 is 0 Å². The Bertz CT molecular complexity index is 237. The standard InChI is InChI=1S/C9H16N2OS2/c1-14-6-7(12)11-9(8(10)13)4-2-3-5-9/h2-6H2,1H3,(H2,10,13)(H,11,12). The molecule has 1 fully saturated rings. The first-order valence-electron chi connectivity index (χ1n) is 4.70. The summed E-state index contributed by atoms with van der Waals surface area (Å²) in [5.74, 6) is 0.511. The van der Waals surface area contributed by atoms with Gasteiger partial charge in [-0.2, -0.15) is 11.8 Å². The summed E-state index contributed by atoms with van der Waals surface area (Å²) in [6, 6.07) is 0. The molecule has 0 aromatic carbocycles. The minimum Gasteiger partial charge on any atom is -0.391 e. The maximum atomic E-state index is 11.5. The number of carbonyl (C=O) groups excluding carboxylic acids is 1. The largest absolute Gasteiger partial charge is 0.391 e.